The predicted molar refractivity (Wildman–Crippen MR) is 352 cm³/mol. The highest BCUT2D eigenvalue weighted by Gasteiger charge is 2.31. The topological polar surface area (TPSA) is 228 Å². The number of fused-ring (bicyclic) bond motifs is 1. The Kier molecular flexibility index (Phi) is 35.6. The van der Waals surface area contributed by atoms with Crippen LogP contribution in [0.4, 0.5) is 44.4 Å². The fourth-order valence-corrected chi connectivity index (χ4v) is 8.73. The molecule has 24 heteroatoms. The molecule has 2 unspecified atom stereocenters. The maximum absolute atomic E-state index is 12.2. The first kappa shape index (κ1) is 74.8. The van der Waals surface area contributed by atoms with Gasteiger partial charge in [0, 0.05) is 103 Å². The number of pyridine rings is 1. The van der Waals surface area contributed by atoms with E-state index in [1.807, 2.05) is 61.6 Å². The molecule has 4 aliphatic heterocycles. The Morgan fingerprint density at radius 3 is 2.15 bits per heavy atom. The van der Waals surface area contributed by atoms with Crippen LogP contribution in [-0.4, -0.2) is 224 Å². The molecule has 4 aliphatic rings. The summed E-state index contributed by atoms with van der Waals surface area (Å²) in [4.78, 5) is 58.3. The van der Waals surface area contributed by atoms with E-state index in [4.69, 9.17) is 24.5 Å². The summed E-state index contributed by atoms with van der Waals surface area (Å²) in [6.07, 6.45) is 25.6. The number of guanidine groups is 1. The second kappa shape index (κ2) is 41.0. The maximum Gasteiger partial charge on any atom is 0.415 e. The lowest BCUT2D eigenvalue weighted by Gasteiger charge is -2.30. The third kappa shape index (κ3) is 27.9. The van der Waals surface area contributed by atoms with E-state index >= 15 is 0 Å². The zero-order valence-corrected chi connectivity index (χ0v) is 55.1. The molecule has 86 heavy (non-hydrogen) atoms. The minimum absolute atomic E-state index is 0.211. The van der Waals surface area contributed by atoms with Crippen molar-refractivity contribution in [2.45, 2.75) is 105 Å². The van der Waals surface area contributed by atoms with Crippen molar-refractivity contribution in [1.82, 2.24) is 59.0 Å². The minimum Gasteiger partial charge on any atom is -0.449 e. The van der Waals surface area contributed by atoms with E-state index in [1.54, 1.807) is 56.9 Å². The van der Waals surface area contributed by atoms with Crippen molar-refractivity contribution in [1.29, 1.82) is 0 Å². The summed E-state index contributed by atoms with van der Waals surface area (Å²) in [5, 5.41) is 22.4. The molecule has 480 valence electrons. The van der Waals surface area contributed by atoms with Gasteiger partial charge in [0.2, 0.25) is 11.9 Å². The molecule has 2 amide bonds. The molecular formula is C62H106N18O6. The van der Waals surface area contributed by atoms with Crippen LogP contribution in [0.15, 0.2) is 96.4 Å². The van der Waals surface area contributed by atoms with Crippen molar-refractivity contribution >= 4 is 59.6 Å². The number of aliphatic imine (C=N–C) groups is 2. The average Bonchev–Trinajstić information content (AvgIpc) is 3.04. The molecule has 0 aliphatic carbocycles. The third-order valence-electron chi connectivity index (χ3n) is 13.8. The SMILES string of the molecule is C=CN=C(N=C)Nc1cnn(C)c1.CC1COC(=O)N1C.CCCCCN(C)C.CCO.CCOC(=O)N(C)c1cccc(N2CC(C)c3cnc(Nc4cnn(C5CCN(C)CC5)c4)nc32)n1.CC[C@](C)(COC)CN(C)C.CN1C=CC=CC1. The Morgan fingerprint density at radius 1 is 0.953 bits per heavy atom. The average molecular weight is 1200 g/mol. The number of nitrogens with one attached hydrogen (secondary N) is 2. The summed E-state index contributed by atoms with van der Waals surface area (Å²) < 4.78 is 18.7. The van der Waals surface area contributed by atoms with Gasteiger partial charge in [-0.05, 0) is 132 Å². The number of hydrogen-bond acceptors (Lipinski definition) is 18. The van der Waals surface area contributed by atoms with E-state index in [0.717, 1.165) is 74.9 Å². The van der Waals surface area contributed by atoms with Crippen molar-refractivity contribution < 1.29 is 28.9 Å². The monoisotopic (exact) mass is 1200 g/mol. The van der Waals surface area contributed by atoms with E-state index in [-0.39, 0.29) is 24.7 Å². The Morgan fingerprint density at radius 2 is 1.65 bits per heavy atom. The molecule has 24 nitrogen and oxygen atoms in total. The normalized spacial score (nSPS) is 16.8. The van der Waals surface area contributed by atoms with Gasteiger partial charge in [0.1, 0.15) is 24.1 Å². The Hall–Kier alpha value is -7.25. The highest BCUT2D eigenvalue weighted by atomic mass is 16.6. The quantitative estimate of drug-likeness (QED) is 0.0508. The van der Waals surface area contributed by atoms with Crippen LogP contribution in [-0.2, 0) is 21.3 Å². The zero-order valence-electron chi connectivity index (χ0n) is 55.1. The highest BCUT2D eigenvalue weighted by Crippen LogP contribution is 2.39. The van der Waals surface area contributed by atoms with Gasteiger partial charge in [0.05, 0.1) is 49.1 Å². The van der Waals surface area contributed by atoms with Crippen molar-refractivity contribution in [2.24, 2.45) is 22.4 Å². The Bertz CT molecular complexity index is 2650. The molecule has 3 atom stereocenters. The molecule has 0 radical (unpaired) electrons. The molecule has 0 aromatic carbocycles. The highest BCUT2D eigenvalue weighted by molar-refractivity contribution is 5.96. The second-order valence-corrected chi connectivity index (χ2v) is 22.2. The van der Waals surface area contributed by atoms with Gasteiger partial charge in [-0.3, -0.25) is 14.3 Å². The number of aliphatic hydroxyl groups excluding tert-OH is 1. The first-order valence-corrected chi connectivity index (χ1v) is 29.8. The number of ether oxygens (including phenoxy) is 3. The summed E-state index contributed by atoms with van der Waals surface area (Å²) in [7, 11) is 19.6. The number of unbranched alkanes of at least 4 members (excludes halogenated alkanes) is 2. The van der Waals surface area contributed by atoms with E-state index in [9.17, 15) is 9.59 Å². The first-order chi connectivity index (χ1) is 41.0. The lowest BCUT2D eigenvalue weighted by molar-refractivity contribution is 0.0677. The number of nitrogens with zero attached hydrogens (tertiary/aromatic N) is 16. The minimum atomic E-state index is -0.438. The van der Waals surface area contributed by atoms with Gasteiger partial charge in [-0.15, -0.1) is 0 Å². The molecule has 0 spiro atoms. The lowest BCUT2D eigenvalue weighted by atomic mass is 9.88. The van der Waals surface area contributed by atoms with Gasteiger partial charge >= 0.3 is 12.2 Å². The summed E-state index contributed by atoms with van der Waals surface area (Å²) in [5.74, 6) is 3.20. The van der Waals surface area contributed by atoms with Crippen LogP contribution < -0.4 is 20.4 Å². The number of piperidine rings is 1. The van der Waals surface area contributed by atoms with Gasteiger partial charge in [-0.1, -0.05) is 65.3 Å². The molecule has 2 saturated heterocycles. The summed E-state index contributed by atoms with van der Waals surface area (Å²) in [6, 6.07) is 6.26. The number of methoxy groups -OCH3 is 1. The lowest BCUT2D eigenvalue weighted by Crippen LogP contribution is -2.34. The van der Waals surface area contributed by atoms with Gasteiger partial charge in [0.25, 0.3) is 0 Å². The van der Waals surface area contributed by atoms with Gasteiger partial charge in [-0.2, -0.15) is 15.2 Å². The standard InChI is InChI=1S/C25H33N9O2.C9H21NO.C8H11N5.C7H17N.C6H9N.C5H9NO2.C2H6O/c1-5-36-25(35)32(4)21-7-6-8-22(29-21)33-15-17(2)20-14-26-24(30-23(20)33)28-18-13-27-34(16-18)19-9-11-31(3)12-10-19;1-6-9(2,8-11-5)7-10(3)4;1-4-10-8(9-2)12-7-5-11-13(3)6-7;1-4-5-6-7-8(2)3;1-7-5-3-2-4-6-7;1-4-3-8-5(7)6(4)2;1-2-3/h6-8,13-14,16-17,19H,5,9-12,15H2,1-4H3,(H,26,28,30);6-8H2,1-5H3;4-6H,1-2H2,3H3,(H,10,12);4-7H2,1-3H3;2-5H,6H2,1H3;4H,3H2,1-2H3;3H,2H2,1H3/t;9-;;;;;/m.0...../s1. The summed E-state index contributed by atoms with van der Waals surface area (Å²) in [5.41, 5.74) is 3.06. The fourth-order valence-electron chi connectivity index (χ4n) is 8.73. The number of likely N-dealkylation sites (tertiary alicyclic amines) is 1. The molecule has 4 aromatic rings. The molecule has 8 heterocycles. The van der Waals surface area contributed by atoms with Crippen LogP contribution in [0, 0.1) is 5.41 Å². The van der Waals surface area contributed by atoms with Crippen LogP contribution in [0.3, 0.4) is 0 Å². The Balaban J connectivity index is 0.000000411. The number of cyclic esters (lactones) is 1. The third-order valence-corrected chi connectivity index (χ3v) is 13.8. The van der Waals surface area contributed by atoms with E-state index in [0.29, 0.717) is 48.2 Å². The maximum atomic E-state index is 12.2. The molecule has 3 N–H and O–H groups in total. The smallest absolute Gasteiger partial charge is 0.415 e. The largest absolute Gasteiger partial charge is 0.449 e. The molecule has 2 fully saturated rings. The number of carbonyl (C=O) groups excluding carboxylic acids is 2. The van der Waals surface area contributed by atoms with Crippen molar-refractivity contribution in [3.8, 4) is 0 Å². The van der Waals surface area contributed by atoms with Gasteiger partial charge in [0.15, 0.2) is 0 Å². The number of rotatable bonds is 17. The van der Waals surface area contributed by atoms with Crippen molar-refractivity contribution in [3.05, 3.63) is 92.0 Å². The molecule has 4 aromatic heterocycles. The van der Waals surface area contributed by atoms with E-state index in [1.165, 1.54) is 43.3 Å². The summed E-state index contributed by atoms with van der Waals surface area (Å²) >= 11 is 0. The number of allylic oxidation sites excluding steroid dienone is 2. The van der Waals surface area contributed by atoms with Gasteiger partial charge < -0.3 is 59.4 Å². The Labute approximate surface area is 514 Å². The zero-order chi connectivity index (χ0) is 64.2. The van der Waals surface area contributed by atoms with Crippen LogP contribution in [0.25, 0.3) is 0 Å². The number of aliphatic hydroxyl groups is 1. The van der Waals surface area contributed by atoms with Crippen molar-refractivity contribution in [2.75, 3.05) is 150 Å². The summed E-state index contributed by atoms with van der Waals surface area (Å²) in [6.45, 7) is 29.3. The van der Waals surface area contributed by atoms with Crippen LogP contribution >= 0.6 is 0 Å². The molecule has 8 rings (SSSR count). The van der Waals surface area contributed by atoms with Crippen LogP contribution in [0.1, 0.15) is 105 Å². The fraction of sp³-hybridized carbons (Fsp3) is 0.597. The number of likely N-dealkylation sites (N-methyl/N-ethyl adjacent to an activating group) is 2. The van der Waals surface area contributed by atoms with Gasteiger partial charge in [-0.25, -0.2) is 29.5 Å². The molecule has 0 saturated carbocycles. The van der Waals surface area contributed by atoms with Crippen LogP contribution in [0.5, 0.6) is 0 Å². The predicted octanol–water partition coefficient (Wildman–Crippen LogP) is 9.76. The molecule has 0 bridgehead atoms. The first-order valence-electron chi connectivity index (χ1n) is 29.8. The van der Waals surface area contributed by atoms with Crippen molar-refractivity contribution in [3.63, 3.8) is 0 Å². The van der Waals surface area contributed by atoms with E-state index in [2.05, 4.69) is 167 Å². The second-order valence-electron chi connectivity index (χ2n) is 22.2. The number of amides is 2. The number of aryl methyl sites for hydroxylation is 1. The number of aromatic nitrogens is 7. The molecular weight excluding hydrogens is 1090 g/mol. The van der Waals surface area contributed by atoms with Crippen LogP contribution in [0.2, 0.25) is 0 Å². The van der Waals surface area contributed by atoms with E-state index < -0.39 is 6.09 Å². The number of hydrogen-bond donors (Lipinski definition) is 3. The number of carbonyl (C=O) groups is 2. The number of anilines is 6.